The zero-order valence-corrected chi connectivity index (χ0v) is 9.68. The molecule has 16 heavy (non-hydrogen) atoms. The van der Waals surface area contributed by atoms with Gasteiger partial charge in [0.05, 0.1) is 0 Å². The SMILES string of the molecule is N[C@@H]1C2CCN(CC2)[C@@H]1Cc1ccccc1. The number of piperidine rings is 3. The highest BCUT2D eigenvalue weighted by Crippen LogP contribution is 2.32. The van der Waals surface area contributed by atoms with Crippen LogP contribution < -0.4 is 5.73 Å². The van der Waals surface area contributed by atoms with Crippen LogP contribution in [0.4, 0.5) is 0 Å². The predicted molar refractivity (Wildman–Crippen MR) is 66.2 cm³/mol. The standard InChI is InChI=1S/C14H20N2/c15-14-12-6-8-16(9-7-12)13(14)10-11-4-2-1-3-5-11/h1-5,12-14H,6-10,15H2/t13-,14-/m1/s1. The maximum Gasteiger partial charge on any atom is 0.0290 e. The molecule has 0 aliphatic carbocycles. The van der Waals surface area contributed by atoms with Crippen molar-refractivity contribution in [3.63, 3.8) is 0 Å². The van der Waals surface area contributed by atoms with Gasteiger partial charge < -0.3 is 5.73 Å². The molecule has 2 N–H and O–H groups in total. The van der Waals surface area contributed by atoms with Gasteiger partial charge in [0.1, 0.15) is 0 Å². The van der Waals surface area contributed by atoms with Gasteiger partial charge in [0.25, 0.3) is 0 Å². The Labute approximate surface area is 97.4 Å². The maximum absolute atomic E-state index is 6.37. The second kappa shape index (κ2) is 4.19. The Morgan fingerprint density at radius 1 is 1.12 bits per heavy atom. The zero-order valence-electron chi connectivity index (χ0n) is 9.68. The molecule has 0 spiro atoms. The third-order valence-corrected chi connectivity index (χ3v) is 4.32. The first kappa shape index (κ1) is 10.3. The molecule has 2 heteroatoms. The summed E-state index contributed by atoms with van der Waals surface area (Å²) < 4.78 is 0. The van der Waals surface area contributed by atoms with E-state index < -0.39 is 0 Å². The summed E-state index contributed by atoms with van der Waals surface area (Å²) in [4.78, 5) is 2.59. The monoisotopic (exact) mass is 216 g/mol. The van der Waals surface area contributed by atoms with E-state index in [1.165, 1.54) is 31.5 Å². The van der Waals surface area contributed by atoms with Crippen LogP contribution in [-0.2, 0) is 6.42 Å². The number of hydrogen-bond acceptors (Lipinski definition) is 2. The second-order valence-corrected chi connectivity index (χ2v) is 5.21. The van der Waals surface area contributed by atoms with Crippen molar-refractivity contribution in [2.45, 2.75) is 31.3 Å². The maximum atomic E-state index is 6.37. The lowest BCUT2D eigenvalue weighted by Crippen LogP contribution is -2.61. The molecule has 2 nitrogen and oxygen atoms in total. The van der Waals surface area contributed by atoms with Gasteiger partial charge in [-0.2, -0.15) is 0 Å². The summed E-state index contributed by atoms with van der Waals surface area (Å²) in [7, 11) is 0. The van der Waals surface area contributed by atoms with Crippen molar-refractivity contribution in [2.75, 3.05) is 13.1 Å². The molecular formula is C14H20N2. The minimum Gasteiger partial charge on any atom is -0.326 e. The van der Waals surface area contributed by atoms with Crippen molar-refractivity contribution in [3.8, 4) is 0 Å². The summed E-state index contributed by atoms with van der Waals surface area (Å²) in [6, 6.07) is 11.7. The van der Waals surface area contributed by atoms with Gasteiger partial charge in [-0.25, -0.2) is 0 Å². The van der Waals surface area contributed by atoms with Crippen LogP contribution in [0.2, 0.25) is 0 Å². The average molecular weight is 216 g/mol. The Balaban J connectivity index is 1.75. The van der Waals surface area contributed by atoms with E-state index in [1.54, 1.807) is 0 Å². The van der Waals surface area contributed by atoms with Gasteiger partial charge in [0, 0.05) is 12.1 Å². The molecule has 2 bridgehead atoms. The molecule has 3 aliphatic heterocycles. The Kier molecular flexibility index (Phi) is 2.70. The first-order valence-electron chi connectivity index (χ1n) is 6.38. The Morgan fingerprint density at radius 3 is 2.44 bits per heavy atom. The molecule has 1 aromatic carbocycles. The summed E-state index contributed by atoms with van der Waals surface area (Å²) in [6.45, 7) is 2.52. The molecule has 2 atom stereocenters. The highest BCUT2D eigenvalue weighted by Gasteiger charge is 2.39. The summed E-state index contributed by atoms with van der Waals surface area (Å²) in [5.41, 5.74) is 7.80. The number of benzene rings is 1. The van der Waals surface area contributed by atoms with Crippen LogP contribution in [-0.4, -0.2) is 30.1 Å². The molecule has 86 valence electrons. The number of fused-ring (bicyclic) bond motifs is 3. The Hall–Kier alpha value is -0.860. The van der Waals surface area contributed by atoms with Crippen LogP contribution in [0.1, 0.15) is 18.4 Å². The number of rotatable bonds is 2. The molecule has 3 saturated heterocycles. The third kappa shape index (κ3) is 1.76. The smallest absolute Gasteiger partial charge is 0.0290 e. The van der Waals surface area contributed by atoms with E-state index in [-0.39, 0.29) is 0 Å². The molecule has 3 fully saturated rings. The van der Waals surface area contributed by atoms with Crippen LogP contribution in [0.3, 0.4) is 0 Å². The van der Waals surface area contributed by atoms with E-state index >= 15 is 0 Å². The largest absolute Gasteiger partial charge is 0.326 e. The number of hydrogen-bond donors (Lipinski definition) is 1. The van der Waals surface area contributed by atoms with Crippen LogP contribution in [0.5, 0.6) is 0 Å². The molecule has 3 aliphatic rings. The van der Waals surface area contributed by atoms with E-state index in [4.69, 9.17) is 5.73 Å². The van der Waals surface area contributed by atoms with E-state index in [0.29, 0.717) is 12.1 Å². The van der Waals surface area contributed by atoms with Crippen molar-refractivity contribution in [2.24, 2.45) is 11.7 Å². The summed E-state index contributed by atoms with van der Waals surface area (Å²) in [5, 5.41) is 0. The van der Waals surface area contributed by atoms with Crippen LogP contribution >= 0.6 is 0 Å². The van der Waals surface area contributed by atoms with Gasteiger partial charge in [0.15, 0.2) is 0 Å². The molecule has 0 saturated carbocycles. The molecule has 0 amide bonds. The topological polar surface area (TPSA) is 29.3 Å². The molecule has 1 aromatic rings. The number of nitrogens with two attached hydrogens (primary N) is 1. The quantitative estimate of drug-likeness (QED) is 0.814. The zero-order chi connectivity index (χ0) is 11.0. The van der Waals surface area contributed by atoms with Crippen molar-refractivity contribution in [3.05, 3.63) is 35.9 Å². The lowest BCUT2D eigenvalue weighted by atomic mass is 9.77. The third-order valence-electron chi connectivity index (χ3n) is 4.32. The molecule has 3 heterocycles. The minimum atomic E-state index is 0.391. The molecule has 4 rings (SSSR count). The van der Waals surface area contributed by atoms with E-state index in [0.717, 1.165) is 12.3 Å². The second-order valence-electron chi connectivity index (χ2n) is 5.21. The fourth-order valence-corrected chi connectivity index (χ4v) is 3.31. The molecule has 0 radical (unpaired) electrons. The minimum absolute atomic E-state index is 0.391. The highest BCUT2D eigenvalue weighted by atomic mass is 15.2. The van der Waals surface area contributed by atoms with Gasteiger partial charge in [-0.3, -0.25) is 4.90 Å². The lowest BCUT2D eigenvalue weighted by molar-refractivity contribution is 0.0288. The van der Waals surface area contributed by atoms with Crippen molar-refractivity contribution >= 4 is 0 Å². The van der Waals surface area contributed by atoms with Crippen molar-refractivity contribution in [1.29, 1.82) is 0 Å². The molecular weight excluding hydrogens is 196 g/mol. The highest BCUT2D eigenvalue weighted by molar-refractivity contribution is 5.17. The molecule has 0 unspecified atom stereocenters. The van der Waals surface area contributed by atoms with Crippen LogP contribution in [0.15, 0.2) is 30.3 Å². The summed E-state index contributed by atoms with van der Waals surface area (Å²) in [5.74, 6) is 0.777. The van der Waals surface area contributed by atoms with Crippen LogP contribution in [0, 0.1) is 5.92 Å². The normalized spacial score (nSPS) is 37.6. The number of nitrogens with zero attached hydrogens (tertiary/aromatic N) is 1. The fraction of sp³-hybridized carbons (Fsp3) is 0.571. The van der Waals surface area contributed by atoms with Gasteiger partial charge in [-0.15, -0.1) is 0 Å². The van der Waals surface area contributed by atoms with E-state index in [1.807, 2.05) is 0 Å². The predicted octanol–water partition coefficient (Wildman–Crippen LogP) is 1.65. The van der Waals surface area contributed by atoms with E-state index in [2.05, 4.69) is 35.2 Å². The lowest BCUT2D eigenvalue weighted by Gasteiger charge is -2.49. The average Bonchev–Trinajstić information content (AvgIpc) is 2.36. The van der Waals surface area contributed by atoms with Crippen molar-refractivity contribution in [1.82, 2.24) is 4.90 Å². The van der Waals surface area contributed by atoms with E-state index in [9.17, 15) is 0 Å². The van der Waals surface area contributed by atoms with Gasteiger partial charge in [-0.05, 0) is 43.8 Å². The van der Waals surface area contributed by atoms with Gasteiger partial charge in [-0.1, -0.05) is 30.3 Å². The van der Waals surface area contributed by atoms with Crippen LogP contribution in [0.25, 0.3) is 0 Å². The first-order valence-corrected chi connectivity index (χ1v) is 6.38. The van der Waals surface area contributed by atoms with Gasteiger partial charge >= 0.3 is 0 Å². The molecule has 0 aromatic heterocycles. The fourth-order valence-electron chi connectivity index (χ4n) is 3.31. The Morgan fingerprint density at radius 2 is 1.81 bits per heavy atom. The first-order chi connectivity index (χ1) is 7.84. The Bertz CT molecular complexity index is 339. The van der Waals surface area contributed by atoms with Gasteiger partial charge in [0.2, 0.25) is 0 Å². The van der Waals surface area contributed by atoms with Crippen molar-refractivity contribution < 1.29 is 0 Å². The summed E-state index contributed by atoms with van der Waals surface area (Å²) >= 11 is 0. The summed E-state index contributed by atoms with van der Waals surface area (Å²) in [6.07, 6.45) is 3.75.